The van der Waals surface area contributed by atoms with E-state index in [9.17, 15) is 14.4 Å². The monoisotopic (exact) mass is 461 g/mol. The van der Waals surface area contributed by atoms with Crippen LogP contribution < -0.4 is 10.6 Å². The molecule has 0 aromatic heterocycles. The van der Waals surface area contributed by atoms with Crippen molar-refractivity contribution in [3.63, 3.8) is 0 Å². The van der Waals surface area contributed by atoms with E-state index < -0.39 is 12.1 Å². The van der Waals surface area contributed by atoms with Crippen molar-refractivity contribution in [2.75, 3.05) is 32.8 Å². The van der Waals surface area contributed by atoms with Crippen LogP contribution in [0.4, 0.5) is 4.79 Å². The zero-order chi connectivity index (χ0) is 23.9. The number of hydrogen-bond donors (Lipinski definition) is 3. The molecule has 1 heterocycles. The summed E-state index contributed by atoms with van der Waals surface area (Å²) in [5.74, 6) is 2.91. The Hall–Kier alpha value is -3.83. The third-order valence-electron chi connectivity index (χ3n) is 6.19. The fourth-order valence-corrected chi connectivity index (χ4v) is 4.56. The zero-order valence-corrected chi connectivity index (χ0v) is 18.8. The second-order valence-electron chi connectivity index (χ2n) is 8.40. The maximum Gasteiger partial charge on any atom is 0.407 e. The Kier molecular flexibility index (Phi) is 7.45. The summed E-state index contributed by atoms with van der Waals surface area (Å²) in [5.41, 5.74) is 4.74. The Morgan fingerprint density at radius 3 is 2.24 bits per heavy atom. The van der Waals surface area contributed by atoms with E-state index in [-0.39, 0.29) is 37.6 Å². The summed E-state index contributed by atoms with van der Waals surface area (Å²) in [6, 6.07) is 16.4. The molecule has 0 atom stereocenters. The summed E-state index contributed by atoms with van der Waals surface area (Å²) in [4.78, 5) is 36.8. The van der Waals surface area contributed by atoms with Crippen molar-refractivity contribution in [2.45, 2.75) is 24.8 Å². The normalized spacial score (nSPS) is 15.4. The molecule has 8 heteroatoms. The summed E-state index contributed by atoms with van der Waals surface area (Å²) in [6.45, 7) is 1.84. The Morgan fingerprint density at radius 2 is 1.62 bits per heavy atom. The van der Waals surface area contributed by atoms with E-state index in [2.05, 4.69) is 40.8 Å². The molecule has 8 nitrogen and oxygen atoms in total. The van der Waals surface area contributed by atoms with Gasteiger partial charge in [-0.2, -0.15) is 0 Å². The molecule has 0 spiro atoms. The third kappa shape index (κ3) is 5.74. The first-order valence-corrected chi connectivity index (χ1v) is 11.3. The van der Waals surface area contributed by atoms with Crippen LogP contribution in [-0.2, 0) is 14.3 Å². The molecule has 0 unspecified atom stereocenters. The molecule has 2 aliphatic rings. The summed E-state index contributed by atoms with van der Waals surface area (Å²) < 4.78 is 5.62. The second kappa shape index (κ2) is 10.9. The number of piperidine rings is 1. The van der Waals surface area contributed by atoms with Crippen molar-refractivity contribution in [2.24, 2.45) is 0 Å². The highest BCUT2D eigenvalue weighted by molar-refractivity contribution is 5.86. The maximum atomic E-state index is 12.5. The molecule has 2 aromatic carbocycles. The van der Waals surface area contributed by atoms with Gasteiger partial charge in [0.25, 0.3) is 0 Å². The van der Waals surface area contributed by atoms with Crippen LogP contribution >= 0.6 is 0 Å². The number of carboxylic acids is 1. The first-order chi connectivity index (χ1) is 16.5. The standard InChI is InChI=1S/C26H27N3O5/c30-24(27-13-5-10-25(31)32)16-29-14-11-18(12-15-29)28-26(33)34-17-23-21-8-3-1-6-19(21)20-7-2-4-9-22(20)23/h1-4,6-9,18,23H,11-17H2,(H,27,30)(H,28,33)(H,31,32). The quantitative estimate of drug-likeness (QED) is 0.570. The van der Waals surface area contributed by atoms with Crippen LogP contribution in [0, 0.1) is 11.8 Å². The van der Waals surface area contributed by atoms with Gasteiger partial charge in [0, 0.05) is 31.0 Å². The van der Waals surface area contributed by atoms with Crippen LogP contribution in [0.2, 0.25) is 0 Å². The van der Waals surface area contributed by atoms with Crippen LogP contribution in [0.5, 0.6) is 0 Å². The van der Waals surface area contributed by atoms with E-state index in [1.165, 1.54) is 22.3 Å². The van der Waals surface area contributed by atoms with Gasteiger partial charge in [0.2, 0.25) is 5.91 Å². The predicted octanol–water partition coefficient (Wildman–Crippen LogP) is 2.19. The van der Waals surface area contributed by atoms with E-state index in [0.717, 1.165) is 12.8 Å². The number of carbonyl (C=O) groups excluding carboxylic acids is 2. The summed E-state index contributed by atoms with van der Waals surface area (Å²) in [5, 5.41) is 14.0. The molecule has 176 valence electrons. The molecule has 0 bridgehead atoms. The molecule has 1 aliphatic carbocycles. The molecule has 3 N–H and O–H groups in total. The highest BCUT2D eigenvalue weighted by Gasteiger charge is 2.29. The van der Waals surface area contributed by atoms with E-state index in [1.807, 2.05) is 35.1 Å². The largest absolute Gasteiger partial charge is 0.472 e. The molecule has 1 saturated heterocycles. The predicted molar refractivity (Wildman–Crippen MR) is 126 cm³/mol. The summed E-state index contributed by atoms with van der Waals surface area (Å²) >= 11 is 0. The van der Waals surface area contributed by atoms with Gasteiger partial charge in [0.05, 0.1) is 13.1 Å². The number of alkyl carbamates (subject to hydrolysis) is 1. The first-order valence-electron chi connectivity index (χ1n) is 11.3. The van der Waals surface area contributed by atoms with Crippen LogP contribution in [0.25, 0.3) is 11.1 Å². The third-order valence-corrected chi connectivity index (χ3v) is 6.19. The van der Waals surface area contributed by atoms with Crippen LogP contribution in [0.3, 0.4) is 0 Å². The van der Waals surface area contributed by atoms with Crippen molar-refractivity contribution in [3.05, 3.63) is 59.7 Å². The van der Waals surface area contributed by atoms with Crippen molar-refractivity contribution < 1.29 is 24.2 Å². The minimum absolute atomic E-state index is 0.00334. The average Bonchev–Trinajstić information content (AvgIpc) is 3.15. The number of nitrogens with one attached hydrogen (secondary N) is 2. The van der Waals surface area contributed by atoms with E-state index in [4.69, 9.17) is 9.84 Å². The number of likely N-dealkylation sites (tertiary alicyclic amines) is 1. The molecule has 4 rings (SSSR count). The number of benzene rings is 2. The number of hydrogen-bond acceptors (Lipinski definition) is 5. The fraction of sp³-hybridized carbons (Fsp3) is 0.346. The van der Waals surface area contributed by atoms with Gasteiger partial charge < -0.3 is 20.5 Å². The molecular weight excluding hydrogens is 434 g/mol. The summed E-state index contributed by atoms with van der Waals surface area (Å²) in [6.07, 6.45) is 1.02. The Balaban J connectivity index is 1.20. The zero-order valence-electron chi connectivity index (χ0n) is 18.8. The average molecular weight is 462 g/mol. The Bertz CT molecular complexity index is 1080. The number of amides is 2. The minimum Gasteiger partial charge on any atom is -0.472 e. The number of carbonyl (C=O) groups is 3. The van der Waals surface area contributed by atoms with Crippen molar-refractivity contribution >= 4 is 18.0 Å². The van der Waals surface area contributed by atoms with E-state index in [1.54, 1.807) is 0 Å². The number of fused-ring (bicyclic) bond motifs is 3. The molecule has 2 amide bonds. The molecule has 0 radical (unpaired) electrons. The minimum atomic E-state index is -1.22. The maximum absolute atomic E-state index is 12.5. The number of carboxylic acid groups (broad SMARTS) is 1. The fourth-order valence-electron chi connectivity index (χ4n) is 4.56. The van der Waals surface area contributed by atoms with Gasteiger partial charge in [-0.05, 0) is 35.1 Å². The molecule has 1 aliphatic heterocycles. The number of aliphatic carboxylic acids is 1. The van der Waals surface area contributed by atoms with Crippen molar-refractivity contribution in [3.8, 4) is 23.0 Å². The van der Waals surface area contributed by atoms with E-state index >= 15 is 0 Å². The van der Waals surface area contributed by atoms with E-state index in [0.29, 0.717) is 13.1 Å². The van der Waals surface area contributed by atoms with Crippen LogP contribution in [-0.4, -0.2) is 66.8 Å². The lowest BCUT2D eigenvalue weighted by Crippen LogP contribution is -2.47. The highest BCUT2D eigenvalue weighted by Crippen LogP contribution is 2.44. The lowest BCUT2D eigenvalue weighted by Gasteiger charge is -2.31. The number of ether oxygens (including phenoxy) is 1. The lowest BCUT2D eigenvalue weighted by molar-refractivity contribution is -0.130. The molecule has 2 aromatic rings. The van der Waals surface area contributed by atoms with Gasteiger partial charge in [-0.3, -0.25) is 9.69 Å². The Morgan fingerprint density at radius 1 is 1.00 bits per heavy atom. The highest BCUT2D eigenvalue weighted by atomic mass is 16.5. The summed E-state index contributed by atoms with van der Waals surface area (Å²) in [7, 11) is 0. The van der Waals surface area contributed by atoms with Gasteiger partial charge in [-0.25, -0.2) is 9.59 Å². The van der Waals surface area contributed by atoms with Crippen LogP contribution in [0.1, 0.15) is 29.9 Å². The van der Waals surface area contributed by atoms with Crippen molar-refractivity contribution in [1.29, 1.82) is 0 Å². The molecule has 1 fully saturated rings. The molecule has 0 saturated carbocycles. The molecular formula is C26H27N3O5. The number of nitrogens with zero attached hydrogens (tertiary/aromatic N) is 1. The second-order valence-corrected chi connectivity index (χ2v) is 8.40. The number of rotatable bonds is 6. The van der Waals surface area contributed by atoms with Gasteiger partial charge in [-0.15, -0.1) is 0 Å². The Labute approximate surface area is 198 Å². The van der Waals surface area contributed by atoms with Gasteiger partial charge >= 0.3 is 12.1 Å². The van der Waals surface area contributed by atoms with Gasteiger partial charge in [0.15, 0.2) is 0 Å². The molecule has 34 heavy (non-hydrogen) atoms. The van der Waals surface area contributed by atoms with Crippen LogP contribution in [0.15, 0.2) is 48.5 Å². The van der Waals surface area contributed by atoms with Crippen molar-refractivity contribution in [1.82, 2.24) is 15.5 Å². The smallest absolute Gasteiger partial charge is 0.407 e. The lowest BCUT2D eigenvalue weighted by atomic mass is 9.98. The first kappa shape index (κ1) is 23.3. The topological polar surface area (TPSA) is 108 Å². The van der Waals surface area contributed by atoms with Gasteiger partial charge in [0.1, 0.15) is 6.61 Å². The van der Waals surface area contributed by atoms with Gasteiger partial charge in [-0.1, -0.05) is 54.5 Å². The SMILES string of the molecule is O=C(O)C#CCNC(=O)CN1CCC(NC(=O)OCC2c3ccccc3-c3ccccc32)CC1.